The summed E-state index contributed by atoms with van der Waals surface area (Å²) in [5.41, 5.74) is 6.35. The lowest BCUT2D eigenvalue weighted by molar-refractivity contribution is 0.698. The van der Waals surface area contributed by atoms with Crippen LogP contribution in [0.2, 0.25) is 0 Å². The number of nitrogens with zero attached hydrogens (tertiary/aromatic N) is 4. The molecule has 1 aliphatic heterocycles. The van der Waals surface area contributed by atoms with Gasteiger partial charge in [0.05, 0.1) is 6.20 Å². The van der Waals surface area contributed by atoms with Crippen molar-refractivity contribution >= 4 is 17.5 Å². The Balaban J connectivity index is 1.60. The predicted octanol–water partition coefficient (Wildman–Crippen LogP) is 4.61. The van der Waals surface area contributed by atoms with E-state index in [1.54, 1.807) is 6.20 Å². The molecule has 2 aromatic carbocycles. The van der Waals surface area contributed by atoms with E-state index in [1.807, 2.05) is 0 Å². The lowest BCUT2D eigenvalue weighted by atomic mass is 9.98. The summed E-state index contributed by atoms with van der Waals surface area (Å²) in [5, 5.41) is 12.0. The van der Waals surface area contributed by atoms with Gasteiger partial charge < -0.3 is 10.2 Å². The van der Waals surface area contributed by atoms with Crippen molar-refractivity contribution in [2.24, 2.45) is 0 Å². The number of hydrogen-bond donors (Lipinski definition) is 1. The number of benzene rings is 2. The normalized spacial score (nSPS) is 13.6. The van der Waals surface area contributed by atoms with Crippen molar-refractivity contribution in [3.63, 3.8) is 0 Å². The van der Waals surface area contributed by atoms with Crippen LogP contribution in [0.5, 0.6) is 0 Å². The highest BCUT2D eigenvalue weighted by Gasteiger charge is 2.19. The summed E-state index contributed by atoms with van der Waals surface area (Å²) < 4.78 is 0. The van der Waals surface area contributed by atoms with Crippen molar-refractivity contribution in [3.05, 3.63) is 70.9 Å². The fourth-order valence-corrected chi connectivity index (χ4v) is 3.63. The van der Waals surface area contributed by atoms with E-state index in [9.17, 15) is 0 Å². The number of nitrogens with one attached hydrogen (secondary N) is 1. The van der Waals surface area contributed by atoms with Crippen LogP contribution in [-0.4, -0.2) is 21.7 Å². The van der Waals surface area contributed by atoms with Crippen LogP contribution in [0.4, 0.5) is 17.5 Å². The van der Waals surface area contributed by atoms with Gasteiger partial charge in [-0.05, 0) is 41.5 Å². The molecule has 4 rings (SSSR count). The summed E-state index contributed by atoms with van der Waals surface area (Å²) in [6.07, 6.45) is 2.70. The summed E-state index contributed by atoms with van der Waals surface area (Å²) in [6.45, 7) is 8.25. The largest absolute Gasteiger partial charge is 0.338 e. The molecule has 0 saturated carbocycles. The van der Waals surface area contributed by atoms with Gasteiger partial charge >= 0.3 is 0 Å². The summed E-state index contributed by atoms with van der Waals surface area (Å²) >= 11 is 0. The SMILES string of the molecule is Cc1cccc(C(C)C)c1Nc1cnnc(N2CCc3ccccc3C2)n1. The molecule has 0 spiro atoms. The maximum atomic E-state index is 4.75. The van der Waals surface area contributed by atoms with Crippen LogP contribution in [0.25, 0.3) is 0 Å². The van der Waals surface area contributed by atoms with Crippen LogP contribution < -0.4 is 10.2 Å². The Morgan fingerprint density at radius 2 is 1.85 bits per heavy atom. The molecule has 1 N–H and O–H groups in total. The monoisotopic (exact) mass is 359 g/mol. The van der Waals surface area contributed by atoms with Crippen molar-refractivity contribution in [2.45, 2.75) is 39.7 Å². The highest BCUT2D eigenvalue weighted by atomic mass is 15.3. The molecule has 5 heteroatoms. The van der Waals surface area contributed by atoms with Gasteiger partial charge in [-0.1, -0.05) is 56.3 Å². The third kappa shape index (κ3) is 3.63. The van der Waals surface area contributed by atoms with Gasteiger partial charge in [0, 0.05) is 18.8 Å². The van der Waals surface area contributed by atoms with E-state index < -0.39 is 0 Å². The van der Waals surface area contributed by atoms with Crippen LogP contribution in [-0.2, 0) is 13.0 Å². The molecule has 138 valence electrons. The molecule has 0 aliphatic carbocycles. The van der Waals surface area contributed by atoms with Crippen molar-refractivity contribution in [3.8, 4) is 0 Å². The van der Waals surface area contributed by atoms with E-state index in [0.29, 0.717) is 11.9 Å². The van der Waals surface area contributed by atoms with Crippen LogP contribution in [0.1, 0.15) is 42.0 Å². The Bertz CT molecular complexity index is 951. The van der Waals surface area contributed by atoms with E-state index in [4.69, 9.17) is 4.98 Å². The third-order valence-electron chi connectivity index (χ3n) is 5.14. The van der Waals surface area contributed by atoms with E-state index in [-0.39, 0.29) is 0 Å². The van der Waals surface area contributed by atoms with E-state index in [1.165, 1.54) is 22.3 Å². The van der Waals surface area contributed by atoms with Gasteiger partial charge in [0.1, 0.15) is 0 Å². The Morgan fingerprint density at radius 3 is 2.67 bits per heavy atom. The number of rotatable bonds is 4. The quantitative estimate of drug-likeness (QED) is 0.737. The number of fused-ring (bicyclic) bond motifs is 1. The number of aryl methyl sites for hydroxylation is 1. The van der Waals surface area contributed by atoms with Crippen LogP contribution in [0, 0.1) is 6.92 Å². The second kappa shape index (κ2) is 7.35. The van der Waals surface area contributed by atoms with Crippen LogP contribution in [0.15, 0.2) is 48.7 Å². The minimum absolute atomic E-state index is 0.431. The van der Waals surface area contributed by atoms with E-state index >= 15 is 0 Å². The maximum absolute atomic E-state index is 4.75. The molecule has 0 unspecified atom stereocenters. The second-order valence-corrected chi connectivity index (χ2v) is 7.40. The van der Waals surface area contributed by atoms with E-state index in [0.717, 1.165) is 31.0 Å². The van der Waals surface area contributed by atoms with E-state index in [2.05, 4.69) is 83.6 Å². The zero-order valence-corrected chi connectivity index (χ0v) is 16.1. The molecular formula is C22H25N5. The summed E-state index contributed by atoms with van der Waals surface area (Å²) in [6, 6.07) is 15.0. The maximum Gasteiger partial charge on any atom is 0.247 e. The molecule has 0 amide bonds. The van der Waals surface area contributed by atoms with Gasteiger partial charge in [-0.2, -0.15) is 10.1 Å². The van der Waals surface area contributed by atoms with Crippen LogP contribution in [0.3, 0.4) is 0 Å². The Kier molecular flexibility index (Phi) is 4.75. The Labute approximate surface area is 160 Å². The fraction of sp³-hybridized carbons (Fsp3) is 0.318. The molecule has 0 saturated heterocycles. The molecule has 1 aromatic heterocycles. The summed E-state index contributed by atoms with van der Waals surface area (Å²) in [7, 11) is 0. The van der Waals surface area contributed by atoms with Gasteiger partial charge in [-0.3, -0.25) is 0 Å². The first kappa shape index (κ1) is 17.5. The number of hydrogen-bond acceptors (Lipinski definition) is 5. The molecule has 27 heavy (non-hydrogen) atoms. The van der Waals surface area contributed by atoms with Gasteiger partial charge in [0.25, 0.3) is 0 Å². The number of para-hydroxylation sites is 1. The van der Waals surface area contributed by atoms with Crippen molar-refractivity contribution in [1.82, 2.24) is 15.2 Å². The number of anilines is 3. The van der Waals surface area contributed by atoms with Gasteiger partial charge in [-0.15, -0.1) is 5.10 Å². The van der Waals surface area contributed by atoms with Crippen LogP contribution >= 0.6 is 0 Å². The van der Waals surface area contributed by atoms with Gasteiger partial charge in [0.15, 0.2) is 5.82 Å². The Hall–Kier alpha value is -2.95. The molecule has 0 atom stereocenters. The smallest absolute Gasteiger partial charge is 0.247 e. The average Bonchev–Trinajstić information content (AvgIpc) is 2.69. The summed E-state index contributed by atoms with van der Waals surface area (Å²) in [4.78, 5) is 6.94. The zero-order valence-electron chi connectivity index (χ0n) is 16.1. The first-order valence-electron chi connectivity index (χ1n) is 9.50. The van der Waals surface area contributed by atoms with Crippen molar-refractivity contribution in [1.29, 1.82) is 0 Å². The lowest BCUT2D eigenvalue weighted by Crippen LogP contribution is -2.32. The average molecular weight is 359 g/mol. The molecule has 0 fully saturated rings. The molecule has 0 radical (unpaired) electrons. The lowest BCUT2D eigenvalue weighted by Gasteiger charge is -2.28. The molecule has 0 bridgehead atoms. The molecule has 3 aromatic rings. The number of aromatic nitrogens is 3. The highest BCUT2D eigenvalue weighted by Crippen LogP contribution is 2.30. The minimum Gasteiger partial charge on any atom is -0.338 e. The molecule has 2 heterocycles. The first-order valence-corrected chi connectivity index (χ1v) is 9.50. The molecule has 5 nitrogen and oxygen atoms in total. The molecular weight excluding hydrogens is 334 g/mol. The first-order chi connectivity index (χ1) is 13.1. The summed E-state index contributed by atoms with van der Waals surface area (Å²) in [5.74, 6) is 1.84. The highest BCUT2D eigenvalue weighted by molar-refractivity contribution is 5.65. The minimum atomic E-state index is 0.431. The Morgan fingerprint density at radius 1 is 1.04 bits per heavy atom. The van der Waals surface area contributed by atoms with Crippen molar-refractivity contribution < 1.29 is 0 Å². The fourth-order valence-electron chi connectivity index (χ4n) is 3.63. The van der Waals surface area contributed by atoms with Gasteiger partial charge in [0.2, 0.25) is 5.95 Å². The second-order valence-electron chi connectivity index (χ2n) is 7.40. The molecule has 1 aliphatic rings. The zero-order chi connectivity index (χ0) is 18.8. The topological polar surface area (TPSA) is 53.9 Å². The van der Waals surface area contributed by atoms with Crippen molar-refractivity contribution in [2.75, 3.05) is 16.8 Å². The third-order valence-corrected chi connectivity index (χ3v) is 5.14. The predicted molar refractivity (Wildman–Crippen MR) is 110 cm³/mol. The van der Waals surface area contributed by atoms with Gasteiger partial charge in [-0.25, -0.2) is 0 Å². The standard InChI is InChI=1S/C22H25N5/c1-15(2)19-10-6-7-16(3)21(19)24-20-13-23-26-22(25-20)27-12-11-17-8-4-5-9-18(17)14-27/h4-10,13,15H,11-12,14H2,1-3H3,(H,24,25,26).